The standard InChI is InChI=1S/C21H16ClF3N2O4S2/c1-30-15-6-3-11(7-16(15)31-2)8-17-19(29)27(20(32)33-17)10-18(28)26-12-4-5-14(22)13(9-12)21(23,24)25/h3-9H,10H2,1-2H3,(H,26,28). The largest absolute Gasteiger partial charge is 0.493 e. The molecule has 0 atom stereocenters. The van der Waals surface area contributed by atoms with Crippen LogP contribution in [0.5, 0.6) is 11.5 Å². The molecule has 2 aromatic carbocycles. The van der Waals surface area contributed by atoms with Gasteiger partial charge in [0.1, 0.15) is 10.9 Å². The number of halogens is 4. The third-order valence-electron chi connectivity index (χ3n) is 4.44. The highest BCUT2D eigenvalue weighted by Gasteiger charge is 2.35. The molecule has 1 N–H and O–H groups in total. The zero-order chi connectivity index (χ0) is 24.3. The SMILES string of the molecule is COc1ccc(C=C2SC(=S)N(CC(=O)Nc3ccc(Cl)c(C(F)(F)F)c3)C2=O)cc1OC. The molecule has 1 aliphatic rings. The van der Waals surface area contributed by atoms with Crippen molar-refractivity contribution in [2.24, 2.45) is 0 Å². The van der Waals surface area contributed by atoms with Gasteiger partial charge in [-0.15, -0.1) is 0 Å². The number of benzene rings is 2. The minimum Gasteiger partial charge on any atom is -0.493 e. The molecule has 0 aliphatic carbocycles. The van der Waals surface area contributed by atoms with Crippen LogP contribution in [0.15, 0.2) is 41.3 Å². The molecule has 0 radical (unpaired) electrons. The van der Waals surface area contributed by atoms with Crippen molar-refractivity contribution in [2.45, 2.75) is 6.18 Å². The maximum atomic E-state index is 13.0. The van der Waals surface area contributed by atoms with Gasteiger partial charge in [-0.3, -0.25) is 14.5 Å². The molecule has 174 valence electrons. The Kier molecular flexibility index (Phi) is 7.55. The molecule has 2 amide bonds. The van der Waals surface area contributed by atoms with Gasteiger partial charge in [0.25, 0.3) is 5.91 Å². The van der Waals surface area contributed by atoms with Crippen molar-refractivity contribution >= 4 is 63.5 Å². The lowest BCUT2D eigenvalue weighted by Gasteiger charge is -2.15. The van der Waals surface area contributed by atoms with Crippen molar-refractivity contribution in [3.8, 4) is 11.5 Å². The number of carbonyl (C=O) groups excluding carboxylic acids is 2. The molecule has 1 saturated heterocycles. The second-order valence-corrected chi connectivity index (χ2v) is 8.71. The zero-order valence-corrected chi connectivity index (χ0v) is 19.5. The molecular formula is C21H16ClF3N2O4S2. The highest BCUT2D eigenvalue weighted by atomic mass is 35.5. The molecule has 0 saturated carbocycles. The number of nitrogens with one attached hydrogen (secondary N) is 1. The van der Waals surface area contributed by atoms with Gasteiger partial charge in [-0.2, -0.15) is 13.2 Å². The normalized spacial score (nSPS) is 15.2. The van der Waals surface area contributed by atoms with Crippen LogP contribution in [0.1, 0.15) is 11.1 Å². The summed E-state index contributed by atoms with van der Waals surface area (Å²) in [7, 11) is 2.99. The number of anilines is 1. The number of alkyl halides is 3. The van der Waals surface area contributed by atoms with E-state index in [9.17, 15) is 22.8 Å². The number of amides is 2. The van der Waals surface area contributed by atoms with Gasteiger partial charge in [0.15, 0.2) is 11.5 Å². The third-order valence-corrected chi connectivity index (χ3v) is 6.14. The summed E-state index contributed by atoms with van der Waals surface area (Å²) >= 11 is 11.8. The Morgan fingerprint density at radius 3 is 2.52 bits per heavy atom. The molecular weight excluding hydrogens is 501 g/mol. The predicted molar refractivity (Wildman–Crippen MR) is 125 cm³/mol. The van der Waals surface area contributed by atoms with Crippen LogP contribution in [0.2, 0.25) is 5.02 Å². The highest BCUT2D eigenvalue weighted by Crippen LogP contribution is 2.37. The van der Waals surface area contributed by atoms with Gasteiger partial charge in [0.05, 0.1) is 29.7 Å². The van der Waals surface area contributed by atoms with Crippen LogP contribution in [-0.2, 0) is 15.8 Å². The summed E-state index contributed by atoms with van der Waals surface area (Å²) in [5, 5.41) is 1.84. The maximum Gasteiger partial charge on any atom is 0.417 e. The summed E-state index contributed by atoms with van der Waals surface area (Å²) in [6.07, 6.45) is -3.08. The van der Waals surface area contributed by atoms with Gasteiger partial charge >= 0.3 is 6.18 Å². The average Bonchev–Trinajstić information content (AvgIpc) is 3.01. The van der Waals surface area contributed by atoms with Gasteiger partial charge < -0.3 is 14.8 Å². The number of hydrogen-bond acceptors (Lipinski definition) is 6. The summed E-state index contributed by atoms with van der Waals surface area (Å²) in [5.41, 5.74) is -0.535. The van der Waals surface area contributed by atoms with E-state index in [1.54, 1.807) is 24.3 Å². The van der Waals surface area contributed by atoms with Crippen LogP contribution in [0, 0.1) is 0 Å². The van der Waals surface area contributed by atoms with Gasteiger partial charge in [-0.1, -0.05) is 41.6 Å². The molecule has 12 heteroatoms. The Morgan fingerprint density at radius 1 is 1.18 bits per heavy atom. The van der Waals surface area contributed by atoms with E-state index in [1.165, 1.54) is 20.3 Å². The topological polar surface area (TPSA) is 67.9 Å². The fourth-order valence-electron chi connectivity index (χ4n) is 2.89. The lowest BCUT2D eigenvalue weighted by Crippen LogP contribution is -2.36. The fourth-order valence-corrected chi connectivity index (χ4v) is 4.37. The number of rotatable bonds is 6. The molecule has 6 nitrogen and oxygen atoms in total. The molecule has 1 aliphatic heterocycles. The predicted octanol–water partition coefficient (Wildman–Crippen LogP) is 5.22. The Morgan fingerprint density at radius 2 is 1.88 bits per heavy atom. The lowest BCUT2D eigenvalue weighted by molar-refractivity contribution is -0.137. The molecule has 2 aromatic rings. The monoisotopic (exact) mass is 516 g/mol. The number of hydrogen-bond donors (Lipinski definition) is 1. The van der Waals surface area contributed by atoms with Crippen molar-refractivity contribution in [2.75, 3.05) is 26.1 Å². The first-order valence-electron chi connectivity index (χ1n) is 9.17. The van der Waals surface area contributed by atoms with Crippen molar-refractivity contribution in [3.05, 3.63) is 57.5 Å². The number of thioether (sulfide) groups is 1. The molecule has 0 spiro atoms. The van der Waals surface area contributed by atoms with E-state index in [-0.39, 0.29) is 14.9 Å². The lowest BCUT2D eigenvalue weighted by atomic mass is 10.2. The number of methoxy groups -OCH3 is 2. The van der Waals surface area contributed by atoms with Gasteiger partial charge in [0, 0.05) is 5.69 Å². The van der Waals surface area contributed by atoms with Crippen LogP contribution in [0.25, 0.3) is 6.08 Å². The quantitative estimate of drug-likeness (QED) is 0.419. The first-order chi connectivity index (χ1) is 15.5. The molecule has 3 rings (SSSR count). The molecule has 1 fully saturated rings. The Bertz CT molecular complexity index is 1150. The van der Waals surface area contributed by atoms with E-state index in [4.69, 9.17) is 33.3 Å². The van der Waals surface area contributed by atoms with Gasteiger partial charge in [0.2, 0.25) is 5.91 Å². The molecule has 33 heavy (non-hydrogen) atoms. The van der Waals surface area contributed by atoms with Crippen LogP contribution in [-0.4, -0.2) is 41.8 Å². The van der Waals surface area contributed by atoms with Crippen molar-refractivity contribution < 1.29 is 32.2 Å². The summed E-state index contributed by atoms with van der Waals surface area (Å²) in [5.74, 6) is -0.215. The second kappa shape index (κ2) is 10.0. The van der Waals surface area contributed by atoms with E-state index in [0.717, 1.165) is 28.8 Å². The maximum absolute atomic E-state index is 13.0. The van der Waals surface area contributed by atoms with Crippen molar-refractivity contribution in [1.29, 1.82) is 0 Å². The summed E-state index contributed by atoms with van der Waals surface area (Å²) in [4.78, 5) is 26.5. The Balaban J connectivity index is 1.73. The summed E-state index contributed by atoms with van der Waals surface area (Å²) in [6.45, 7) is -0.460. The molecule has 0 aromatic heterocycles. The van der Waals surface area contributed by atoms with Crippen LogP contribution in [0.4, 0.5) is 18.9 Å². The summed E-state index contributed by atoms with van der Waals surface area (Å²) in [6, 6.07) is 8.07. The van der Waals surface area contributed by atoms with Crippen molar-refractivity contribution in [3.63, 3.8) is 0 Å². The minimum absolute atomic E-state index is 0.108. The first-order valence-corrected chi connectivity index (χ1v) is 10.8. The first kappa shape index (κ1) is 24.9. The molecule has 0 unspecified atom stereocenters. The number of nitrogens with zero attached hydrogens (tertiary/aromatic N) is 1. The summed E-state index contributed by atoms with van der Waals surface area (Å²) < 4.78 is 49.6. The highest BCUT2D eigenvalue weighted by molar-refractivity contribution is 8.26. The molecule has 0 bridgehead atoms. The van der Waals surface area contributed by atoms with E-state index in [1.807, 2.05) is 0 Å². The van der Waals surface area contributed by atoms with E-state index >= 15 is 0 Å². The van der Waals surface area contributed by atoms with Crippen LogP contribution >= 0.6 is 35.6 Å². The van der Waals surface area contributed by atoms with E-state index < -0.39 is 35.1 Å². The average molecular weight is 517 g/mol. The minimum atomic E-state index is -4.68. The smallest absolute Gasteiger partial charge is 0.417 e. The van der Waals surface area contributed by atoms with E-state index in [0.29, 0.717) is 17.1 Å². The number of carbonyl (C=O) groups is 2. The van der Waals surface area contributed by atoms with Crippen molar-refractivity contribution in [1.82, 2.24) is 4.90 Å². The fraction of sp³-hybridized carbons (Fsp3) is 0.190. The number of thiocarbonyl (C=S) groups is 1. The third kappa shape index (κ3) is 5.79. The van der Waals surface area contributed by atoms with E-state index in [2.05, 4.69) is 5.32 Å². The van der Waals surface area contributed by atoms with Gasteiger partial charge in [-0.25, -0.2) is 0 Å². The van der Waals surface area contributed by atoms with Gasteiger partial charge in [-0.05, 0) is 42.0 Å². The van der Waals surface area contributed by atoms with Crippen LogP contribution in [0.3, 0.4) is 0 Å². The Labute approximate surface area is 201 Å². The zero-order valence-electron chi connectivity index (χ0n) is 17.2. The Hall–Kier alpha value is -2.76. The second-order valence-electron chi connectivity index (χ2n) is 6.62. The van der Waals surface area contributed by atoms with Crippen LogP contribution < -0.4 is 14.8 Å². The molecule has 1 heterocycles. The number of ether oxygens (including phenoxy) is 2.